The van der Waals surface area contributed by atoms with E-state index in [0.717, 1.165) is 24.0 Å². The SMILES string of the molecule is CC1(C)CCCCC1C(=O)NCc1cccc(CN)c1. The van der Waals surface area contributed by atoms with Crippen LogP contribution in [-0.2, 0) is 17.9 Å². The van der Waals surface area contributed by atoms with Gasteiger partial charge in [0, 0.05) is 19.0 Å². The highest BCUT2D eigenvalue weighted by Gasteiger charge is 2.36. The lowest BCUT2D eigenvalue weighted by Gasteiger charge is -2.37. The molecule has 1 saturated carbocycles. The number of nitrogens with one attached hydrogen (secondary N) is 1. The highest BCUT2D eigenvalue weighted by molar-refractivity contribution is 5.79. The number of rotatable bonds is 4. The zero-order chi connectivity index (χ0) is 14.6. The lowest BCUT2D eigenvalue weighted by atomic mass is 9.68. The van der Waals surface area contributed by atoms with Gasteiger partial charge in [-0.2, -0.15) is 0 Å². The van der Waals surface area contributed by atoms with E-state index in [9.17, 15) is 4.79 Å². The number of hydrogen-bond donors (Lipinski definition) is 2. The molecule has 0 spiro atoms. The summed E-state index contributed by atoms with van der Waals surface area (Å²) in [6.45, 7) is 5.56. The molecule has 1 aliphatic carbocycles. The summed E-state index contributed by atoms with van der Waals surface area (Å²) in [5.74, 6) is 0.349. The predicted molar refractivity (Wildman–Crippen MR) is 81.9 cm³/mol. The Hall–Kier alpha value is -1.35. The maximum Gasteiger partial charge on any atom is 0.223 e. The molecule has 20 heavy (non-hydrogen) atoms. The summed E-state index contributed by atoms with van der Waals surface area (Å²) in [5, 5.41) is 3.10. The van der Waals surface area contributed by atoms with E-state index in [1.807, 2.05) is 18.2 Å². The number of carbonyl (C=O) groups excluding carboxylic acids is 1. The van der Waals surface area contributed by atoms with Gasteiger partial charge in [-0.1, -0.05) is 51.0 Å². The average molecular weight is 274 g/mol. The first kappa shape index (κ1) is 15.0. The second kappa shape index (κ2) is 6.40. The molecule has 0 radical (unpaired) electrons. The van der Waals surface area contributed by atoms with Crippen LogP contribution in [0, 0.1) is 11.3 Å². The van der Waals surface area contributed by atoms with Crippen molar-refractivity contribution in [3.05, 3.63) is 35.4 Å². The molecule has 2 rings (SSSR count). The Bertz CT molecular complexity index is 468. The van der Waals surface area contributed by atoms with Crippen LogP contribution in [0.2, 0.25) is 0 Å². The minimum absolute atomic E-state index is 0.126. The normalized spacial score (nSPS) is 21.4. The van der Waals surface area contributed by atoms with Crippen molar-refractivity contribution in [3.8, 4) is 0 Å². The van der Waals surface area contributed by atoms with Gasteiger partial charge in [-0.05, 0) is 29.4 Å². The van der Waals surface area contributed by atoms with Crippen molar-refractivity contribution in [3.63, 3.8) is 0 Å². The maximum atomic E-state index is 12.4. The Morgan fingerprint density at radius 2 is 2.10 bits per heavy atom. The molecule has 110 valence electrons. The van der Waals surface area contributed by atoms with Crippen molar-refractivity contribution < 1.29 is 4.79 Å². The summed E-state index contributed by atoms with van der Waals surface area (Å²) in [5.41, 5.74) is 7.99. The van der Waals surface area contributed by atoms with Crippen LogP contribution in [0.3, 0.4) is 0 Å². The molecule has 3 heteroatoms. The Kier molecular flexibility index (Phi) is 4.81. The van der Waals surface area contributed by atoms with Gasteiger partial charge < -0.3 is 11.1 Å². The third-order valence-corrected chi connectivity index (χ3v) is 4.52. The average Bonchev–Trinajstić information content (AvgIpc) is 2.44. The molecule has 1 aromatic carbocycles. The van der Waals surface area contributed by atoms with Gasteiger partial charge in [0.2, 0.25) is 5.91 Å². The number of carbonyl (C=O) groups is 1. The second-order valence-corrected chi connectivity index (χ2v) is 6.53. The Balaban J connectivity index is 1.94. The van der Waals surface area contributed by atoms with E-state index in [-0.39, 0.29) is 17.2 Å². The lowest BCUT2D eigenvalue weighted by Crippen LogP contribution is -2.40. The minimum Gasteiger partial charge on any atom is -0.352 e. The van der Waals surface area contributed by atoms with Crippen LogP contribution in [-0.4, -0.2) is 5.91 Å². The van der Waals surface area contributed by atoms with E-state index in [1.165, 1.54) is 12.8 Å². The topological polar surface area (TPSA) is 55.1 Å². The molecular formula is C17H26N2O. The van der Waals surface area contributed by atoms with E-state index in [4.69, 9.17) is 5.73 Å². The first-order chi connectivity index (χ1) is 9.53. The summed E-state index contributed by atoms with van der Waals surface area (Å²) in [6.07, 6.45) is 4.58. The number of benzene rings is 1. The molecule has 3 nitrogen and oxygen atoms in total. The molecule has 1 amide bonds. The zero-order valence-electron chi connectivity index (χ0n) is 12.6. The molecule has 0 aliphatic heterocycles. The van der Waals surface area contributed by atoms with Crippen molar-refractivity contribution in [2.45, 2.75) is 52.6 Å². The number of amides is 1. The monoisotopic (exact) mass is 274 g/mol. The molecule has 0 bridgehead atoms. The van der Waals surface area contributed by atoms with E-state index in [0.29, 0.717) is 13.1 Å². The van der Waals surface area contributed by atoms with Crippen molar-refractivity contribution in [1.29, 1.82) is 0 Å². The van der Waals surface area contributed by atoms with Crippen LogP contribution in [0.4, 0.5) is 0 Å². The molecule has 1 fully saturated rings. The Labute approximate surface area is 121 Å². The van der Waals surface area contributed by atoms with Gasteiger partial charge in [0.05, 0.1) is 0 Å². The van der Waals surface area contributed by atoms with E-state index >= 15 is 0 Å². The molecule has 1 aliphatic rings. The van der Waals surface area contributed by atoms with Gasteiger partial charge >= 0.3 is 0 Å². The second-order valence-electron chi connectivity index (χ2n) is 6.53. The highest BCUT2D eigenvalue weighted by atomic mass is 16.1. The highest BCUT2D eigenvalue weighted by Crippen LogP contribution is 2.40. The smallest absolute Gasteiger partial charge is 0.223 e. The summed E-state index contributed by atoms with van der Waals surface area (Å²) in [7, 11) is 0. The van der Waals surface area contributed by atoms with Crippen molar-refractivity contribution in [2.24, 2.45) is 17.1 Å². The van der Waals surface area contributed by atoms with Gasteiger partial charge in [-0.3, -0.25) is 4.79 Å². The molecule has 0 saturated heterocycles. The molecule has 1 atom stereocenters. The molecular weight excluding hydrogens is 248 g/mol. The fourth-order valence-corrected chi connectivity index (χ4v) is 3.16. The van der Waals surface area contributed by atoms with Crippen LogP contribution < -0.4 is 11.1 Å². The zero-order valence-corrected chi connectivity index (χ0v) is 12.6. The minimum atomic E-state index is 0.126. The van der Waals surface area contributed by atoms with Crippen molar-refractivity contribution in [2.75, 3.05) is 0 Å². The summed E-state index contributed by atoms with van der Waals surface area (Å²) < 4.78 is 0. The van der Waals surface area contributed by atoms with Crippen LogP contribution >= 0.6 is 0 Å². The quantitative estimate of drug-likeness (QED) is 0.887. The van der Waals surface area contributed by atoms with Gasteiger partial charge in [-0.15, -0.1) is 0 Å². The third kappa shape index (κ3) is 3.60. The fraction of sp³-hybridized carbons (Fsp3) is 0.588. The summed E-state index contributed by atoms with van der Waals surface area (Å²) >= 11 is 0. The van der Waals surface area contributed by atoms with E-state index in [1.54, 1.807) is 0 Å². The Morgan fingerprint density at radius 3 is 2.80 bits per heavy atom. The van der Waals surface area contributed by atoms with Crippen LogP contribution in [0.1, 0.15) is 50.7 Å². The van der Waals surface area contributed by atoms with Crippen LogP contribution in [0.25, 0.3) is 0 Å². The molecule has 1 aromatic rings. The molecule has 1 unspecified atom stereocenters. The number of nitrogens with two attached hydrogens (primary N) is 1. The molecule has 0 heterocycles. The van der Waals surface area contributed by atoms with Gasteiger partial charge in [0.1, 0.15) is 0 Å². The van der Waals surface area contributed by atoms with E-state index < -0.39 is 0 Å². The summed E-state index contributed by atoms with van der Waals surface area (Å²) in [6, 6.07) is 8.10. The first-order valence-electron chi connectivity index (χ1n) is 7.58. The van der Waals surface area contributed by atoms with Crippen molar-refractivity contribution in [1.82, 2.24) is 5.32 Å². The summed E-state index contributed by atoms with van der Waals surface area (Å²) in [4.78, 5) is 12.4. The van der Waals surface area contributed by atoms with Crippen LogP contribution in [0.5, 0.6) is 0 Å². The van der Waals surface area contributed by atoms with E-state index in [2.05, 4.69) is 25.2 Å². The van der Waals surface area contributed by atoms with Crippen LogP contribution in [0.15, 0.2) is 24.3 Å². The lowest BCUT2D eigenvalue weighted by molar-refractivity contribution is -0.130. The van der Waals surface area contributed by atoms with Gasteiger partial charge in [0.25, 0.3) is 0 Å². The number of hydrogen-bond acceptors (Lipinski definition) is 2. The third-order valence-electron chi connectivity index (χ3n) is 4.52. The predicted octanol–water partition coefficient (Wildman–Crippen LogP) is 2.98. The molecule has 3 N–H and O–H groups in total. The van der Waals surface area contributed by atoms with Gasteiger partial charge in [-0.25, -0.2) is 0 Å². The van der Waals surface area contributed by atoms with Gasteiger partial charge in [0.15, 0.2) is 0 Å². The molecule has 0 aromatic heterocycles. The maximum absolute atomic E-state index is 12.4. The van der Waals surface area contributed by atoms with Crippen molar-refractivity contribution >= 4 is 5.91 Å². The standard InChI is InChI=1S/C17H26N2O/c1-17(2)9-4-3-8-15(17)16(20)19-12-14-7-5-6-13(10-14)11-18/h5-7,10,15H,3-4,8-9,11-12,18H2,1-2H3,(H,19,20). The fourth-order valence-electron chi connectivity index (χ4n) is 3.16. The largest absolute Gasteiger partial charge is 0.352 e. The first-order valence-corrected chi connectivity index (χ1v) is 7.58. The Morgan fingerprint density at radius 1 is 1.35 bits per heavy atom.